The first-order valence-electron chi connectivity index (χ1n) is 7.87. The van der Waals surface area contributed by atoms with Crippen LogP contribution >= 0.6 is 0 Å². The Hall–Kier alpha value is -1.91. The van der Waals surface area contributed by atoms with E-state index < -0.39 is 11.4 Å². The average Bonchev–Trinajstić information content (AvgIpc) is 2.95. The van der Waals surface area contributed by atoms with Gasteiger partial charge in [0.2, 0.25) is 5.91 Å². The third-order valence-corrected chi connectivity index (χ3v) is 4.56. The second kappa shape index (κ2) is 6.90. The highest BCUT2D eigenvalue weighted by atomic mass is 16.4. The van der Waals surface area contributed by atoms with Crippen molar-refractivity contribution < 1.29 is 14.7 Å². The maximum atomic E-state index is 12.4. The fourth-order valence-electron chi connectivity index (χ4n) is 3.26. The molecule has 1 aromatic heterocycles. The lowest BCUT2D eigenvalue weighted by molar-refractivity contribution is -0.151. The highest BCUT2D eigenvalue weighted by Crippen LogP contribution is 2.41. The van der Waals surface area contributed by atoms with E-state index in [1.165, 1.54) is 0 Å². The predicted molar refractivity (Wildman–Crippen MR) is 83.1 cm³/mol. The normalized spacial score (nSPS) is 18.1. The molecule has 0 saturated heterocycles. The van der Waals surface area contributed by atoms with Crippen LogP contribution in [0.4, 0.5) is 0 Å². The van der Waals surface area contributed by atoms with Gasteiger partial charge in [-0.1, -0.05) is 26.7 Å². The molecule has 0 radical (unpaired) electrons. The number of aromatic nitrogens is 1. The Kier molecular flexibility index (Phi) is 5.16. The van der Waals surface area contributed by atoms with Crippen molar-refractivity contribution in [2.24, 2.45) is 11.3 Å². The van der Waals surface area contributed by atoms with Crippen LogP contribution in [-0.4, -0.2) is 22.0 Å². The van der Waals surface area contributed by atoms with E-state index in [-0.39, 0.29) is 24.3 Å². The number of carboxylic acid groups (broad SMARTS) is 1. The molecule has 0 spiro atoms. The lowest BCUT2D eigenvalue weighted by Crippen LogP contribution is -2.38. The third-order valence-electron chi connectivity index (χ3n) is 4.56. The second-order valence-corrected chi connectivity index (χ2v) is 6.54. The van der Waals surface area contributed by atoms with Crippen LogP contribution in [0.1, 0.15) is 57.6 Å². The van der Waals surface area contributed by atoms with E-state index in [9.17, 15) is 14.7 Å². The maximum Gasteiger partial charge on any atom is 0.310 e. The molecule has 0 aliphatic heterocycles. The Morgan fingerprint density at radius 3 is 2.36 bits per heavy atom. The predicted octanol–water partition coefficient (Wildman–Crippen LogP) is 2.93. The Morgan fingerprint density at radius 1 is 1.27 bits per heavy atom. The van der Waals surface area contributed by atoms with Crippen LogP contribution in [-0.2, 0) is 9.59 Å². The fraction of sp³-hybridized carbons (Fsp3) is 0.588. The lowest BCUT2D eigenvalue weighted by atomic mass is 9.82. The Morgan fingerprint density at radius 2 is 1.86 bits per heavy atom. The number of rotatable bonds is 6. The molecular formula is C17H24N2O3. The van der Waals surface area contributed by atoms with E-state index in [1.807, 2.05) is 26.0 Å². The van der Waals surface area contributed by atoms with E-state index in [0.717, 1.165) is 18.4 Å². The van der Waals surface area contributed by atoms with Crippen LogP contribution in [0.5, 0.6) is 0 Å². The number of carbonyl (C=O) groups excluding carboxylic acids is 1. The van der Waals surface area contributed by atoms with Crippen LogP contribution < -0.4 is 5.32 Å². The molecule has 5 nitrogen and oxygen atoms in total. The Labute approximate surface area is 131 Å². The Balaban J connectivity index is 2.07. The molecule has 1 aromatic rings. The smallest absolute Gasteiger partial charge is 0.310 e. The number of nitrogens with one attached hydrogen (secondary N) is 1. The number of carbonyl (C=O) groups is 2. The van der Waals surface area contributed by atoms with Gasteiger partial charge in [-0.3, -0.25) is 14.6 Å². The summed E-state index contributed by atoms with van der Waals surface area (Å²) in [4.78, 5) is 28.0. The first-order valence-corrected chi connectivity index (χ1v) is 7.87. The molecule has 0 bridgehead atoms. The standard InChI is InChI=1S/C17H24N2O3/c1-12(2)15(13-5-9-18-10-6-13)19-14(20)11-17(16(21)22)7-3-4-8-17/h5-6,9-10,12,15H,3-4,7-8,11H2,1-2H3,(H,19,20)(H,21,22). The quantitative estimate of drug-likeness (QED) is 0.847. The Bertz CT molecular complexity index is 522. The van der Waals surface area contributed by atoms with Crippen LogP contribution in [0.25, 0.3) is 0 Å². The molecule has 2 rings (SSSR count). The molecule has 0 aromatic carbocycles. The first kappa shape index (κ1) is 16.5. The molecular weight excluding hydrogens is 280 g/mol. The van der Waals surface area contributed by atoms with Crippen molar-refractivity contribution in [2.75, 3.05) is 0 Å². The summed E-state index contributed by atoms with van der Waals surface area (Å²) in [6.07, 6.45) is 6.43. The summed E-state index contributed by atoms with van der Waals surface area (Å²) in [6, 6.07) is 3.64. The third kappa shape index (κ3) is 3.64. The summed E-state index contributed by atoms with van der Waals surface area (Å²) in [6.45, 7) is 4.07. The molecule has 5 heteroatoms. The molecule has 1 aliphatic rings. The van der Waals surface area contributed by atoms with Crippen LogP contribution in [0.15, 0.2) is 24.5 Å². The van der Waals surface area contributed by atoms with Gasteiger partial charge in [-0.25, -0.2) is 0 Å². The number of pyridine rings is 1. The lowest BCUT2D eigenvalue weighted by Gasteiger charge is -2.27. The second-order valence-electron chi connectivity index (χ2n) is 6.54. The van der Waals surface area contributed by atoms with E-state index in [0.29, 0.717) is 12.8 Å². The van der Waals surface area contributed by atoms with Crippen molar-refractivity contribution >= 4 is 11.9 Å². The van der Waals surface area contributed by atoms with Crippen molar-refractivity contribution in [1.29, 1.82) is 0 Å². The van der Waals surface area contributed by atoms with E-state index in [4.69, 9.17) is 0 Å². The summed E-state index contributed by atoms with van der Waals surface area (Å²) >= 11 is 0. The van der Waals surface area contributed by atoms with Gasteiger partial charge >= 0.3 is 5.97 Å². The van der Waals surface area contributed by atoms with Gasteiger partial charge in [0.15, 0.2) is 0 Å². The minimum atomic E-state index is -0.871. The van der Waals surface area contributed by atoms with Crippen LogP contribution in [0.2, 0.25) is 0 Å². The maximum absolute atomic E-state index is 12.4. The molecule has 2 N–H and O–H groups in total. The van der Waals surface area contributed by atoms with Gasteiger partial charge in [-0.15, -0.1) is 0 Å². The van der Waals surface area contributed by atoms with E-state index >= 15 is 0 Å². The molecule has 1 unspecified atom stereocenters. The number of aliphatic carboxylic acids is 1. The fourth-order valence-corrected chi connectivity index (χ4v) is 3.26. The van der Waals surface area contributed by atoms with Crippen molar-refractivity contribution in [3.63, 3.8) is 0 Å². The van der Waals surface area contributed by atoms with Gasteiger partial charge in [0.25, 0.3) is 0 Å². The highest BCUT2D eigenvalue weighted by Gasteiger charge is 2.43. The number of hydrogen-bond acceptors (Lipinski definition) is 3. The van der Waals surface area contributed by atoms with E-state index in [1.54, 1.807) is 12.4 Å². The van der Waals surface area contributed by atoms with Gasteiger partial charge in [0, 0.05) is 18.8 Å². The number of nitrogens with zero attached hydrogens (tertiary/aromatic N) is 1. The molecule has 120 valence electrons. The van der Waals surface area contributed by atoms with Crippen LogP contribution in [0.3, 0.4) is 0 Å². The highest BCUT2D eigenvalue weighted by molar-refractivity contribution is 5.85. The molecule has 1 heterocycles. The molecule has 22 heavy (non-hydrogen) atoms. The zero-order valence-electron chi connectivity index (χ0n) is 13.2. The number of hydrogen-bond donors (Lipinski definition) is 2. The number of carboxylic acids is 1. The van der Waals surface area contributed by atoms with Crippen LogP contribution in [0, 0.1) is 11.3 Å². The molecule has 1 fully saturated rings. The SMILES string of the molecule is CC(C)C(NC(=O)CC1(C(=O)O)CCCC1)c1ccncc1. The monoisotopic (exact) mass is 304 g/mol. The van der Waals surface area contributed by atoms with Gasteiger partial charge in [0.1, 0.15) is 0 Å². The van der Waals surface area contributed by atoms with Gasteiger partial charge in [-0.05, 0) is 36.5 Å². The minimum absolute atomic E-state index is 0.0661. The summed E-state index contributed by atoms with van der Waals surface area (Å²) in [7, 11) is 0. The summed E-state index contributed by atoms with van der Waals surface area (Å²) in [5.74, 6) is -0.805. The summed E-state index contributed by atoms with van der Waals surface area (Å²) < 4.78 is 0. The molecule has 1 aliphatic carbocycles. The molecule has 1 saturated carbocycles. The van der Waals surface area contributed by atoms with Gasteiger partial charge < -0.3 is 10.4 Å². The number of amides is 1. The molecule has 1 atom stereocenters. The topological polar surface area (TPSA) is 79.3 Å². The van der Waals surface area contributed by atoms with Gasteiger partial charge in [-0.2, -0.15) is 0 Å². The zero-order valence-corrected chi connectivity index (χ0v) is 13.2. The average molecular weight is 304 g/mol. The van der Waals surface area contributed by atoms with Crippen molar-refractivity contribution in [3.8, 4) is 0 Å². The van der Waals surface area contributed by atoms with Crippen molar-refractivity contribution in [1.82, 2.24) is 10.3 Å². The zero-order chi connectivity index (χ0) is 16.2. The summed E-state index contributed by atoms with van der Waals surface area (Å²) in [5.41, 5.74) is 0.123. The first-order chi connectivity index (χ1) is 10.4. The molecule has 1 amide bonds. The minimum Gasteiger partial charge on any atom is -0.481 e. The van der Waals surface area contributed by atoms with E-state index in [2.05, 4.69) is 10.3 Å². The summed E-state index contributed by atoms with van der Waals surface area (Å²) in [5, 5.41) is 12.5. The van der Waals surface area contributed by atoms with Crippen molar-refractivity contribution in [2.45, 2.75) is 52.0 Å². The van der Waals surface area contributed by atoms with Crippen molar-refractivity contribution in [3.05, 3.63) is 30.1 Å². The van der Waals surface area contributed by atoms with Gasteiger partial charge in [0.05, 0.1) is 11.5 Å². The largest absolute Gasteiger partial charge is 0.481 e.